The zero-order valence-corrected chi connectivity index (χ0v) is 8.52. The SMILES string of the molecule is CCC1(CC)CCC(C)(CN)O1. The fraction of sp³-hybridized carbons (Fsp3) is 1.00. The topological polar surface area (TPSA) is 35.2 Å². The van der Waals surface area contributed by atoms with Gasteiger partial charge in [0.2, 0.25) is 0 Å². The summed E-state index contributed by atoms with van der Waals surface area (Å²) in [5.41, 5.74) is 5.76. The molecule has 1 aliphatic rings. The Hall–Kier alpha value is -0.0800. The van der Waals surface area contributed by atoms with Crippen molar-refractivity contribution < 1.29 is 4.74 Å². The van der Waals surface area contributed by atoms with E-state index in [9.17, 15) is 0 Å². The Morgan fingerprint density at radius 1 is 1.25 bits per heavy atom. The minimum atomic E-state index is -0.0496. The highest BCUT2D eigenvalue weighted by Gasteiger charge is 2.43. The van der Waals surface area contributed by atoms with E-state index >= 15 is 0 Å². The normalized spacial score (nSPS) is 34.0. The fourth-order valence-electron chi connectivity index (χ4n) is 2.01. The van der Waals surface area contributed by atoms with Crippen LogP contribution in [0.15, 0.2) is 0 Å². The second-order valence-corrected chi connectivity index (χ2v) is 4.15. The first-order valence-corrected chi connectivity index (χ1v) is 5.00. The Balaban J connectivity index is 2.64. The van der Waals surface area contributed by atoms with Crippen molar-refractivity contribution in [2.24, 2.45) is 5.73 Å². The molecular weight excluding hydrogens is 150 g/mol. The molecule has 72 valence electrons. The van der Waals surface area contributed by atoms with Crippen molar-refractivity contribution in [3.05, 3.63) is 0 Å². The third kappa shape index (κ3) is 1.64. The monoisotopic (exact) mass is 171 g/mol. The standard InChI is InChI=1S/C10H21NO/c1-4-10(5-2)7-6-9(3,8-11)12-10/h4-8,11H2,1-3H3. The van der Waals surface area contributed by atoms with E-state index in [4.69, 9.17) is 10.5 Å². The van der Waals surface area contributed by atoms with Gasteiger partial charge in [0, 0.05) is 6.54 Å². The van der Waals surface area contributed by atoms with E-state index in [-0.39, 0.29) is 11.2 Å². The first kappa shape index (κ1) is 10.0. The van der Waals surface area contributed by atoms with Gasteiger partial charge < -0.3 is 10.5 Å². The van der Waals surface area contributed by atoms with Gasteiger partial charge in [0.1, 0.15) is 0 Å². The maximum Gasteiger partial charge on any atom is 0.0784 e. The van der Waals surface area contributed by atoms with E-state index in [0.717, 1.165) is 19.3 Å². The molecule has 1 heterocycles. The van der Waals surface area contributed by atoms with Crippen molar-refractivity contribution in [3.8, 4) is 0 Å². The van der Waals surface area contributed by atoms with E-state index in [1.807, 2.05) is 0 Å². The van der Waals surface area contributed by atoms with Crippen molar-refractivity contribution >= 4 is 0 Å². The van der Waals surface area contributed by atoms with Crippen LogP contribution >= 0.6 is 0 Å². The van der Waals surface area contributed by atoms with Crippen molar-refractivity contribution in [2.75, 3.05) is 6.54 Å². The minimum absolute atomic E-state index is 0.0496. The van der Waals surface area contributed by atoms with Crippen molar-refractivity contribution in [2.45, 2.75) is 57.7 Å². The summed E-state index contributed by atoms with van der Waals surface area (Å²) in [7, 11) is 0. The second kappa shape index (κ2) is 3.35. The molecule has 0 spiro atoms. The summed E-state index contributed by atoms with van der Waals surface area (Å²) in [4.78, 5) is 0. The average Bonchev–Trinajstić information content (AvgIpc) is 2.46. The number of rotatable bonds is 3. The average molecular weight is 171 g/mol. The van der Waals surface area contributed by atoms with Crippen molar-refractivity contribution in [1.29, 1.82) is 0 Å². The van der Waals surface area contributed by atoms with Crippen LogP contribution in [0.2, 0.25) is 0 Å². The molecular formula is C10H21NO. The van der Waals surface area contributed by atoms with Crippen LogP contribution in [0.3, 0.4) is 0 Å². The van der Waals surface area contributed by atoms with Crippen molar-refractivity contribution in [1.82, 2.24) is 0 Å². The molecule has 1 unspecified atom stereocenters. The Morgan fingerprint density at radius 2 is 1.83 bits per heavy atom. The molecule has 1 fully saturated rings. The van der Waals surface area contributed by atoms with Crippen molar-refractivity contribution in [3.63, 3.8) is 0 Å². The molecule has 1 rings (SSSR count). The first-order valence-electron chi connectivity index (χ1n) is 5.00. The second-order valence-electron chi connectivity index (χ2n) is 4.15. The van der Waals surface area contributed by atoms with E-state index in [1.165, 1.54) is 6.42 Å². The molecule has 12 heavy (non-hydrogen) atoms. The molecule has 0 aromatic heterocycles. The highest BCUT2D eigenvalue weighted by atomic mass is 16.5. The molecule has 0 aliphatic carbocycles. The van der Waals surface area contributed by atoms with E-state index in [2.05, 4.69) is 20.8 Å². The van der Waals surface area contributed by atoms with E-state index in [0.29, 0.717) is 6.54 Å². The summed E-state index contributed by atoms with van der Waals surface area (Å²) in [6.45, 7) is 7.17. The summed E-state index contributed by atoms with van der Waals surface area (Å²) < 4.78 is 6.06. The van der Waals surface area contributed by atoms with E-state index in [1.54, 1.807) is 0 Å². The van der Waals surface area contributed by atoms with Crippen LogP contribution in [0.4, 0.5) is 0 Å². The van der Waals surface area contributed by atoms with Crippen LogP contribution < -0.4 is 5.73 Å². The molecule has 0 aromatic carbocycles. The highest BCUT2D eigenvalue weighted by Crippen LogP contribution is 2.41. The van der Waals surface area contributed by atoms with Gasteiger partial charge in [-0.05, 0) is 32.6 Å². The molecule has 2 heteroatoms. The number of hydrogen-bond acceptors (Lipinski definition) is 2. The third-order valence-corrected chi connectivity index (χ3v) is 3.29. The van der Waals surface area contributed by atoms with Crippen LogP contribution in [0.5, 0.6) is 0 Å². The molecule has 2 N–H and O–H groups in total. The Kier molecular flexibility index (Phi) is 2.79. The van der Waals surface area contributed by atoms with Crippen LogP contribution in [0, 0.1) is 0 Å². The Labute approximate surface area is 75.5 Å². The summed E-state index contributed by atoms with van der Waals surface area (Å²) in [6.07, 6.45) is 4.51. The largest absolute Gasteiger partial charge is 0.368 e. The maximum absolute atomic E-state index is 6.06. The lowest BCUT2D eigenvalue weighted by atomic mass is 9.92. The Bertz CT molecular complexity index is 154. The molecule has 0 radical (unpaired) electrons. The highest BCUT2D eigenvalue weighted by molar-refractivity contribution is 4.94. The molecule has 0 aromatic rings. The fourth-order valence-corrected chi connectivity index (χ4v) is 2.01. The van der Waals surface area contributed by atoms with Gasteiger partial charge in [-0.15, -0.1) is 0 Å². The molecule has 1 atom stereocenters. The van der Waals surface area contributed by atoms with E-state index < -0.39 is 0 Å². The lowest BCUT2D eigenvalue weighted by Gasteiger charge is -2.31. The van der Waals surface area contributed by atoms with Crippen LogP contribution in [0.1, 0.15) is 46.5 Å². The maximum atomic E-state index is 6.06. The molecule has 1 aliphatic heterocycles. The van der Waals surface area contributed by atoms with Gasteiger partial charge in [-0.2, -0.15) is 0 Å². The zero-order valence-electron chi connectivity index (χ0n) is 8.52. The quantitative estimate of drug-likeness (QED) is 0.705. The lowest BCUT2D eigenvalue weighted by Crippen LogP contribution is -2.38. The van der Waals surface area contributed by atoms with Gasteiger partial charge in [-0.25, -0.2) is 0 Å². The summed E-state index contributed by atoms with van der Waals surface area (Å²) in [6, 6.07) is 0. The molecule has 0 bridgehead atoms. The molecule has 0 saturated carbocycles. The van der Waals surface area contributed by atoms with Gasteiger partial charge in [-0.3, -0.25) is 0 Å². The van der Waals surface area contributed by atoms with Crippen LogP contribution in [-0.4, -0.2) is 17.7 Å². The van der Waals surface area contributed by atoms with Gasteiger partial charge in [-0.1, -0.05) is 13.8 Å². The lowest BCUT2D eigenvalue weighted by molar-refractivity contribution is -0.0935. The molecule has 0 amide bonds. The van der Waals surface area contributed by atoms with Crippen LogP contribution in [-0.2, 0) is 4.74 Å². The summed E-state index contributed by atoms with van der Waals surface area (Å²) in [5.74, 6) is 0. The smallest absolute Gasteiger partial charge is 0.0784 e. The first-order chi connectivity index (χ1) is 5.60. The minimum Gasteiger partial charge on any atom is -0.368 e. The summed E-state index contributed by atoms with van der Waals surface area (Å²) in [5, 5.41) is 0. The third-order valence-electron chi connectivity index (χ3n) is 3.29. The van der Waals surface area contributed by atoms with Gasteiger partial charge in [0.15, 0.2) is 0 Å². The number of hydrogen-bond donors (Lipinski definition) is 1. The molecule has 1 saturated heterocycles. The zero-order chi connectivity index (χ0) is 9.24. The molecule has 2 nitrogen and oxygen atoms in total. The van der Waals surface area contributed by atoms with Crippen LogP contribution in [0.25, 0.3) is 0 Å². The Morgan fingerprint density at radius 3 is 2.08 bits per heavy atom. The number of nitrogens with two attached hydrogens (primary N) is 1. The van der Waals surface area contributed by atoms with Gasteiger partial charge in [0.05, 0.1) is 11.2 Å². The number of ether oxygens (including phenoxy) is 1. The van der Waals surface area contributed by atoms with Gasteiger partial charge >= 0.3 is 0 Å². The predicted molar refractivity (Wildman–Crippen MR) is 51.1 cm³/mol. The predicted octanol–water partition coefficient (Wildman–Crippen LogP) is 2.07. The summed E-state index contributed by atoms with van der Waals surface area (Å²) >= 11 is 0. The van der Waals surface area contributed by atoms with Gasteiger partial charge in [0.25, 0.3) is 0 Å².